The Labute approximate surface area is 209 Å². The highest BCUT2D eigenvalue weighted by Crippen LogP contribution is 2.37. The zero-order valence-electron chi connectivity index (χ0n) is 20.6. The molecule has 0 radical (unpaired) electrons. The van der Waals surface area contributed by atoms with Crippen molar-refractivity contribution >= 4 is 16.7 Å². The Hall–Kier alpha value is -2.82. The first-order valence-corrected chi connectivity index (χ1v) is 12.8. The lowest BCUT2D eigenvalue weighted by Crippen LogP contribution is -2.54. The van der Waals surface area contributed by atoms with E-state index < -0.39 is 6.17 Å². The molecule has 10 heteroatoms. The minimum absolute atomic E-state index is 0.134. The van der Waals surface area contributed by atoms with Gasteiger partial charge in [-0.1, -0.05) is 0 Å². The standard InChI is InChI=1S/C26H31FN6O3/c1-15-5-16-9-28-33(23(16)7-21(15)20-3-4-31(11-22(20)27)18-12-35-13-18)25-8-24(29-26(30-25)34-2)32-10-19-6-17(32)14-36-19/h5,7-9,17-20,22H,3-4,6,10-14H2,1-2H3/t17-,19-,20?,22?/m1/s1. The van der Waals surface area contributed by atoms with Crippen LogP contribution in [-0.2, 0) is 9.47 Å². The minimum Gasteiger partial charge on any atom is -0.467 e. The lowest BCUT2D eigenvalue weighted by Gasteiger charge is -2.43. The lowest BCUT2D eigenvalue weighted by atomic mass is 9.84. The van der Waals surface area contributed by atoms with Gasteiger partial charge in [-0.3, -0.25) is 4.90 Å². The Morgan fingerprint density at radius 3 is 2.61 bits per heavy atom. The summed E-state index contributed by atoms with van der Waals surface area (Å²) in [6, 6.07) is 7.18. The summed E-state index contributed by atoms with van der Waals surface area (Å²) >= 11 is 0. The Morgan fingerprint density at radius 2 is 1.92 bits per heavy atom. The molecule has 0 spiro atoms. The van der Waals surface area contributed by atoms with Gasteiger partial charge < -0.3 is 19.1 Å². The van der Waals surface area contributed by atoms with Crippen molar-refractivity contribution in [2.45, 2.75) is 50.0 Å². The fourth-order valence-electron chi connectivity index (χ4n) is 6.26. The number of morpholine rings is 1. The summed E-state index contributed by atoms with van der Waals surface area (Å²) in [5.74, 6) is 1.33. The third-order valence-electron chi connectivity index (χ3n) is 8.34. The Morgan fingerprint density at radius 1 is 1.06 bits per heavy atom. The predicted octanol–water partition coefficient (Wildman–Crippen LogP) is 2.64. The van der Waals surface area contributed by atoms with Crippen LogP contribution in [0.5, 0.6) is 6.01 Å². The summed E-state index contributed by atoms with van der Waals surface area (Å²) in [5, 5.41) is 5.67. The molecule has 0 saturated carbocycles. The number of hydrogen-bond acceptors (Lipinski definition) is 8. The molecule has 4 aliphatic rings. The van der Waals surface area contributed by atoms with Crippen molar-refractivity contribution in [2.24, 2.45) is 0 Å². The molecular formula is C26H31FN6O3. The van der Waals surface area contributed by atoms with Crippen LogP contribution in [0.1, 0.15) is 29.9 Å². The minimum atomic E-state index is -0.912. The number of halogens is 1. The number of alkyl halides is 1. The van der Waals surface area contributed by atoms with Gasteiger partial charge >= 0.3 is 6.01 Å². The molecule has 4 aliphatic heterocycles. The first-order valence-electron chi connectivity index (χ1n) is 12.8. The maximum atomic E-state index is 15.5. The summed E-state index contributed by atoms with van der Waals surface area (Å²) in [4.78, 5) is 13.8. The summed E-state index contributed by atoms with van der Waals surface area (Å²) in [6.07, 6.45) is 3.01. The van der Waals surface area contributed by atoms with Crippen LogP contribution in [0.15, 0.2) is 24.4 Å². The molecule has 6 heterocycles. The quantitative estimate of drug-likeness (QED) is 0.536. The van der Waals surface area contributed by atoms with Gasteiger partial charge in [-0.15, -0.1) is 0 Å². The average Bonchev–Trinajstić information content (AvgIpc) is 3.58. The number of benzene rings is 1. The van der Waals surface area contributed by atoms with Crippen molar-refractivity contribution in [3.05, 3.63) is 35.5 Å². The Kier molecular flexibility index (Phi) is 5.37. The van der Waals surface area contributed by atoms with E-state index in [4.69, 9.17) is 14.2 Å². The smallest absolute Gasteiger partial charge is 0.320 e. The summed E-state index contributed by atoms with van der Waals surface area (Å²) in [7, 11) is 1.58. The largest absolute Gasteiger partial charge is 0.467 e. The highest BCUT2D eigenvalue weighted by molar-refractivity contribution is 5.82. The number of piperidine rings is 1. The Balaban J connectivity index is 1.24. The van der Waals surface area contributed by atoms with Crippen LogP contribution in [0.2, 0.25) is 0 Å². The molecule has 3 aromatic rings. The van der Waals surface area contributed by atoms with E-state index in [9.17, 15) is 0 Å². The second-order valence-electron chi connectivity index (χ2n) is 10.5. The number of rotatable bonds is 5. The van der Waals surface area contributed by atoms with Crippen molar-refractivity contribution in [2.75, 3.05) is 51.5 Å². The van der Waals surface area contributed by atoms with Gasteiger partial charge in [0, 0.05) is 30.5 Å². The van der Waals surface area contributed by atoms with Crippen molar-refractivity contribution in [3.8, 4) is 11.8 Å². The van der Waals surface area contributed by atoms with Crippen molar-refractivity contribution in [1.29, 1.82) is 0 Å². The summed E-state index contributed by atoms with van der Waals surface area (Å²) < 4.78 is 33.8. The molecule has 0 amide bonds. The van der Waals surface area contributed by atoms with E-state index in [0.29, 0.717) is 30.5 Å². The SMILES string of the molecule is COc1nc(N2C[C@H]3C[C@@H]2CO3)cc(-n2ncc3cc(C)c(C4CCN(C5COC5)CC4F)cc32)n1. The number of aryl methyl sites for hydroxylation is 1. The van der Waals surface area contributed by atoms with Gasteiger partial charge in [-0.05, 0) is 49.6 Å². The fourth-order valence-corrected chi connectivity index (χ4v) is 6.26. The molecule has 2 bridgehead atoms. The summed E-state index contributed by atoms with van der Waals surface area (Å²) in [6.45, 7) is 6.40. The Bertz CT molecular complexity index is 1300. The number of fused-ring (bicyclic) bond motifs is 3. The van der Waals surface area contributed by atoms with Gasteiger partial charge in [-0.2, -0.15) is 15.1 Å². The van der Waals surface area contributed by atoms with E-state index in [-0.39, 0.29) is 12.0 Å². The number of anilines is 1. The van der Waals surface area contributed by atoms with Gasteiger partial charge in [-0.25, -0.2) is 9.07 Å². The number of likely N-dealkylation sites (tertiary alicyclic amines) is 1. The highest BCUT2D eigenvalue weighted by atomic mass is 19.1. The molecule has 9 nitrogen and oxygen atoms in total. The predicted molar refractivity (Wildman–Crippen MR) is 132 cm³/mol. The molecule has 0 N–H and O–H groups in total. The number of methoxy groups -OCH3 is 1. The second-order valence-corrected chi connectivity index (χ2v) is 10.5. The second kappa shape index (κ2) is 8.64. The third-order valence-corrected chi connectivity index (χ3v) is 8.34. The molecule has 1 aromatic carbocycles. The topological polar surface area (TPSA) is 77.8 Å². The van der Waals surface area contributed by atoms with Gasteiger partial charge in [0.1, 0.15) is 12.0 Å². The molecule has 4 fully saturated rings. The molecule has 2 aromatic heterocycles. The van der Waals surface area contributed by atoms with Gasteiger partial charge in [0.15, 0.2) is 5.82 Å². The zero-order valence-corrected chi connectivity index (χ0v) is 20.6. The van der Waals surface area contributed by atoms with E-state index in [1.807, 2.05) is 16.9 Å². The van der Waals surface area contributed by atoms with E-state index in [1.54, 1.807) is 7.11 Å². The van der Waals surface area contributed by atoms with Gasteiger partial charge in [0.2, 0.25) is 0 Å². The van der Waals surface area contributed by atoms with Crippen LogP contribution >= 0.6 is 0 Å². The van der Waals surface area contributed by atoms with E-state index in [1.165, 1.54) is 0 Å². The monoisotopic (exact) mass is 494 g/mol. The van der Waals surface area contributed by atoms with Crippen LogP contribution in [-0.4, -0.2) is 95.6 Å². The number of nitrogens with zero attached hydrogens (tertiary/aromatic N) is 6. The first kappa shape index (κ1) is 22.4. The molecule has 0 aliphatic carbocycles. The molecule has 4 atom stereocenters. The normalized spacial score (nSPS) is 28.7. The van der Waals surface area contributed by atoms with Crippen LogP contribution in [0.25, 0.3) is 16.7 Å². The highest BCUT2D eigenvalue weighted by Gasteiger charge is 2.40. The van der Waals surface area contributed by atoms with E-state index >= 15 is 4.39 Å². The van der Waals surface area contributed by atoms with Gasteiger partial charge in [0.05, 0.1) is 56.8 Å². The molecule has 190 valence electrons. The summed E-state index contributed by atoms with van der Waals surface area (Å²) in [5.41, 5.74) is 3.07. The van der Waals surface area contributed by atoms with Crippen LogP contribution < -0.4 is 9.64 Å². The number of ether oxygens (including phenoxy) is 3. The zero-order chi connectivity index (χ0) is 24.4. The third kappa shape index (κ3) is 3.65. The van der Waals surface area contributed by atoms with Crippen molar-refractivity contribution in [3.63, 3.8) is 0 Å². The van der Waals surface area contributed by atoms with Crippen LogP contribution in [0.4, 0.5) is 10.2 Å². The first-order chi connectivity index (χ1) is 17.6. The van der Waals surface area contributed by atoms with Crippen molar-refractivity contribution < 1.29 is 18.6 Å². The molecule has 2 unspecified atom stereocenters. The van der Waals surface area contributed by atoms with Crippen LogP contribution in [0, 0.1) is 6.92 Å². The maximum absolute atomic E-state index is 15.5. The number of hydrogen-bond donors (Lipinski definition) is 0. The van der Waals surface area contributed by atoms with Gasteiger partial charge in [0.25, 0.3) is 0 Å². The molecule has 4 saturated heterocycles. The van der Waals surface area contributed by atoms with E-state index in [0.717, 1.165) is 73.6 Å². The fraction of sp³-hybridized carbons (Fsp3) is 0.577. The van der Waals surface area contributed by atoms with Crippen LogP contribution in [0.3, 0.4) is 0 Å². The molecule has 7 rings (SSSR count). The van der Waals surface area contributed by atoms with Crippen molar-refractivity contribution in [1.82, 2.24) is 24.6 Å². The average molecular weight is 495 g/mol. The molecular weight excluding hydrogens is 463 g/mol. The molecule has 36 heavy (non-hydrogen) atoms. The van der Waals surface area contributed by atoms with E-state index in [2.05, 4.69) is 43.9 Å². The lowest BCUT2D eigenvalue weighted by molar-refractivity contribution is -0.0807. The number of aromatic nitrogens is 4. The maximum Gasteiger partial charge on any atom is 0.320 e.